The molecule has 2 aromatic heterocycles. The molecule has 1 amide bonds. The van der Waals surface area contributed by atoms with Crippen LogP contribution >= 0.6 is 11.6 Å². The van der Waals surface area contributed by atoms with Gasteiger partial charge in [-0.2, -0.15) is 10.4 Å². The molecule has 0 spiro atoms. The van der Waals surface area contributed by atoms with Gasteiger partial charge in [0.1, 0.15) is 34.1 Å². The van der Waals surface area contributed by atoms with Crippen molar-refractivity contribution in [2.24, 2.45) is 7.05 Å². The molecule has 1 aliphatic rings. The lowest BCUT2D eigenvalue weighted by molar-refractivity contribution is 0.0692. The van der Waals surface area contributed by atoms with Gasteiger partial charge in [-0.15, -0.1) is 0 Å². The van der Waals surface area contributed by atoms with E-state index >= 15 is 4.39 Å². The van der Waals surface area contributed by atoms with Gasteiger partial charge in [-0.1, -0.05) is 11.6 Å². The van der Waals surface area contributed by atoms with Crippen LogP contribution in [0.3, 0.4) is 0 Å². The fraction of sp³-hybridized carbons (Fsp3) is 0.308. The lowest BCUT2D eigenvalue weighted by atomic mass is 10.1. The van der Waals surface area contributed by atoms with Crippen molar-refractivity contribution in [3.63, 3.8) is 0 Å². The summed E-state index contributed by atoms with van der Waals surface area (Å²) in [7, 11) is 3.48. The number of piperidine rings is 1. The van der Waals surface area contributed by atoms with E-state index in [0.717, 1.165) is 12.8 Å². The van der Waals surface area contributed by atoms with Gasteiger partial charge in [0.25, 0.3) is 5.91 Å². The van der Waals surface area contributed by atoms with Gasteiger partial charge < -0.3 is 10.2 Å². The topological polar surface area (TPSA) is 91.8 Å². The summed E-state index contributed by atoms with van der Waals surface area (Å²) < 4.78 is 32.7. The van der Waals surface area contributed by atoms with Crippen molar-refractivity contribution in [1.29, 1.82) is 5.26 Å². The number of likely N-dealkylation sites (tertiary alicyclic amines) is 1. The first kappa shape index (κ1) is 24.9. The van der Waals surface area contributed by atoms with Gasteiger partial charge in [-0.3, -0.25) is 14.0 Å². The third-order valence-electron chi connectivity index (χ3n) is 6.84. The quantitative estimate of drug-likeness (QED) is 0.429. The van der Waals surface area contributed by atoms with E-state index in [1.165, 1.54) is 22.9 Å². The lowest BCUT2D eigenvalue weighted by Gasteiger charge is -2.32. The van der Waals surface area contributed by atoms with E-state index in [9.17, 15) is 9.18 Å². The number of hydrogen-bond acceptors (Lipinski definition) is 5. The van der Waals surface area contributed by atoms with E-state index in [-0.39, 0.29) is 39.7 Å². The normalized spacial score (nSPS) is 15.8. The summed E-state index contributed by atoms with van der Waals surface area (Å²) in [4.78, 5) is 20.0. The van der Waals surface area contributed by atoms with E-state index in [1.54, 1.807) is 41.6 Å². The standard InChI is InChI=1S/C26H24ClF2N7O/c1-14-22(26(37)35-8-4-5-17(13-35)31-2)32-25(15-6-7-16(12-30)20(28)9-15)36(14)18-10-19-23(21(29)11-18)33-34(3)24(19)27/h6-7,9-11,17,31H,4-5,8,13H2,1-3H3/t17-/m1/s1. The average Bonchev–Trinajstić information content (AvgIpc) is 3.39. The van der Waals surface area contributed by atoms with Gasteiger partial charge in [-0.05, 0) is 51.1 Å². The maximum absolute atomic E-state index is 15.1. The van der Waals surface area contributed by atoms with Crippen LogP contribution in [0.5, 0.6) is 0 Å². The zero-order valence-corrected chi connectivity index (χ0v) is 21.3. The molecule has 1 N–H and O–H groups in total. The van der Waals surface area contributed by atoms with Crippen LogP contribution in [0.15, 0.2) is 30.3 Å². The fourth-order valence-electron chi connectivity index (χ4n) is 4.85. The molecule has 0 bridgehead atoms. The molecule has 37 heavy (non-hydrogen) atoms. The minimum absolute atomic E-state index is 0.114. The highest BCUT2D eigenvalue weighted by atomic mass is 35.5. The SMILES string of the molecule is CN[C@@H]1CCCN(C(=O)c2nc(-c3ccc(C#N)c(F)c3)n(-c3cc(F)c4nn(C)c(Cl)c4c3)c2C)C1. The number of aryl methyl sites for hydroxylation is 1. The van der Waals surface area contributed by atoms with Crippen molar-refractivity contribution in [1.82, 2.24) is 29.5 Å². The monoisotopic (exact) mass is 523 g/mol. The number of nitriles is 1. The number of imidazole rings is 1. The molecule has 1 aliphatic heterocycles. The Morgan fingerprint density at radius 1 is 1.24 bits per heavy atom. The van der Waals surface area contributed by atoms with Crippen molar-refractivity contribution >= 4 is 28.4 Å². The third-order valence-corrected chi connectivity index (χ3v) is 7.29. The van der Waals surface area contributed by atoms with Crippen molar-refractivity contribution in [3.05, 3.63) is 64.1 Å². The predicted molar refractivity (Wildman–Crippen MR) is 136 cm³/mol. The van der Waals surface area contributed by atoms with Crippen molar-refractivity contribution in [2.45, 2.75) is 25.8 Å². The molecule has 1 atom stereocenters. The molecule has 0 aliphatic carbocycles. The van der Waals surface area contributed by atoms with E-state index in [0.29, 0.717) is 35.4 Å². The Morgan fingerprint density at radius 2 is 2.03 bits per heavy atom. The molecule has 0 radical (unpaired) electrons. The predicted octanol–water partition coefficient (Wildman–Crippen LogP) is 4.36. The Bertz CT molecular complexity index is 1590. The Morgan fingerprint density at radius 3 is 2.73 bits per heavy atom. The van der Waals surface area contributed by atoms with Gasteiger partial charge in [0.15, 0.2) is 5.82 Å². The zero-order chi connectivity index (χ0) is 26.4. The van der Waals surface area contributed by atoms with Crippen molar-refractivity contribution < 1.29 is 13.6 Å². The van der Waals surface area contributed by atoms with Gasteiger partial charge >= 0.3 is 0 Å². The molecule has 2 aromatic carbocycles. The molecule has 0 unspecified atom stereocenters. The van der Waals surface area contributed by atoms with Crippen LogP contribution in [0.25, 0.3) is 28.0 Å². The highest BCUT2D eigenvalue weighted by molar-refractivity contribution is 6.34. The van der Waals surface area contributed by atoms with Crippen molar-refractivity contribution in [2.75, 3.05) is 20.1 Å². The second-order valence-corrected chi connectivity index (χ2v) is 9.49. The fourth-order valence-corrected chi connectivity index (χ4v) is 5.03. The summed E-state index contributed by atoms with van der Waals surface area (Å²) in [6.07, 6.45) is 1.82. The first-order chi connectivity index (χ1) is 17.7. The number of amides is 1. The molecular formula is C26H24ClF2N7O. The molecule has 0 saturated carbocycles. The van der Waals surface area contributed by atoms with E-state index in [4.69, 9.17) is 16.9 Å². The number of benzene rings is 2. The Balaban J connectivity index is 1.71. The van der Waals surface area contributed by atoms with Crippen LogP contribution in [0, 0.1) is 29.9 Å². The second-order valence-electron chi connectivity index (χ2n) is 9.13. The largest absolute Gasteiger partial charge is 0.336 e. The first-order valence-electron chi connectivity index (χ1n) is 11.8. The summed E-state index contributed by atoms with van der Waals surface area (Å²) >= 11 is 6.37. The number of likely N-dealkylation sites (N-methyl/N-ethyl adjacent to an activating group) is 1. The Hall–Kier alpha value is -3.81. The molecule has 1 fully saturated rings. The van der Waals surface area contributed by atoms with Gasteiger partial charge in [-0.25, -0.2) is 13.8 Å². The molecule has 3 heterocycles. The summed E-state index contributed by atoms with van der Waals surface area (Å²) in [5.74, 6) is -1.33. The highest BCUT2D eigenvalue weighted by Crippen LogP contribution is 2.33. The number of halogens is 3. The number of fused-ring (bicyclic) bond motifs is 1. The van der Waals surface area contributed by atoms with Crippen molar-refractivity contribution in [3.8, 4) is 23.1 Å². The Kier molecular flexibility index (Phi) is 6.43. The highest BCUT2D eigenvalue weighted by Gasteiger charge is 2.29. The Labute approximate surface area is 217 Å². The van der Waals surface area contributed by atoms with E-state index in [2.05, 4.69) is 15.4 Å². The van der Waals surface area contributed by atoms with Crippen LogP contribution in [0.1, 0.15) is 34.6 Å². The zero-order valence-electron chi connectivity index (χ0n) is 20.5. The number of carbonyl (C=O) groups is 1. The molecule has 5 rings (SSSR count). The average molecular weight is 524 g/mol. The lowest BCUT2D eigenvalue weighted by Crippen LogP contribution is -2.47. The third kappa shape index (κ3) is 4.24. The number of rotatable bonds is 4. The minimum Gasteiger partial charge on any atom is -0.336 e. The summed E-state index contributed by atoms with van der Waals surface area (Å²) in [6.45, 7) is 2.85. The van der Waals surface area contributed by atoms with Crippen LogP contribution in [0.2, 0.25) is 5.15 Å². The summed E-state index contributed by atoms with van der Waals surface area (Å²) in [5, 5.41) is 17.1. The minimum atomic E-state index is -0.718. The smallest absolute Gasteiger partial charge is 0.274 e. The number of aromatic nitrogens is 4. The molecule has 8 nitrogen and oxygen atoms in total. The summed E-state index contributed by atoms with van der Waals surface area (Å²) in [6, 6.07) is 9.03. The molecular weight excluding hydrogens is 500 g/mol. The molecule has 11 heteroatoms. The number of nitrogens with zero attached hydrogens (tertiary/aromatic N) is 6. The second kappa shape index (κ2) is 9.57. The number of hydrogen-bond donors (Lipinski definition) is 1. The van der Waals surface area contributed by atoms with E-state index < -0.39 is 11.6 Å². The van der Waals surface area contributed by atoms with Gasteiger partial charge in [0.2, 0.25) is 0 Å². The number of carbonyl (C=O) groups excluding carboxylic acids is 1. The molecule has 1 saturated heterocycles. The first-order valence-corrected chi connectivity index (χ1v) is 12.2. The van der Waals surface area contributed by atoms with Crippen LogP contribution in [-0.2, 0) is 7.05 Å². The van der Waals surface area contributed by atoms with Crippen LogP contribution < -0.4 is 5.32 Å². The van der Waals surface area contributed by atoms with Crippen LogP contribution in [-0.4, -0.2) is 56.3 Å². The van der Waals surface area contributed by atoms with E-state index in [1.807, 2.05) is 7.05 Å². The molecule has 190 valence electrons. The van der Waals surface area contributed by atoms with Gasteiger partial charge in [0.05, 0.1) is 16.9 Å². The van der Waals surface area contributed by atoms with Gasteiger partial charge in [0, 0.05) is 43.2 Å². The molecule has 4 aromatic rings. The summed E-state index contributed by atoms with van der Waals surface area (Å²) in [5.41, 5.74) is 1.35. The maximum atomic E-state index is 15.1. The van der Waals surface area contributed by atoms with Crippen LogP contribution in [0.4, 0.5) is 8.78 Å². The number of nitrogens with one attached hydrogen (secondary N) is 1. The maximum Gasteiger partial charge on any atom is 0.274 e.